The predicted molar refractivity (Wildman–Crippen MR) is 135 cm³/mol. The van der Waals surface area contributed by atoms with Gasteiger partial charge in [-0.05, 0) is 65.8 Å². The van der Waals surface area contributed by atoms with Gasteiger partial charge in [0.15, 0.2) is 0 Å². The molecule has 6 heteroatoms. The van der Waals surface area contributed by atoms with E-state index in [9.17, 15) is 4.79 Å². The Labute approximate surface area is 197 Å². The van der Waals surface area contributed by atoms with Gasteiger partial charge in [0.05, 0.1) is 5.69 Å². The molecule has 1 amide bonds. The molecule has 5 aromatic rings. The van der Waals surface area contributed by atoms with E-state index >= 15 is 0 Å². The van der Waals surface area contributed by atoms with Crippen LogP contribution in [0.5, 0.6) is 0 Å². The Morgan fingerprint density at radius 1 is 0.909 bits per heavy atom. The van der Waals surface area contributed by atoms with Gasteiger partial charge in [-0.1, -0.05) is 61.8 Å². The molecular formula is C27H23ClN4O. The third kappa shape index (κ3) is 3.96. The topological polar surface area (TPSA) is 59.8 Å². The summed E-state index contributed by atoms with van der Waals surface area (Å²) < 4.78 is 0. The summed E-state index contributed by atoms with van der Waals surface area (Å²) in [4.78, 5) is 14.8. The van der Waals surface area contributed by atoms with Crippen LogP contribution in [-0.2, 0) is 0 Å². The van der Waals surface area contributed by atoms with E-state index in [1.54, 1.807) is 10.9 Å². The van der Waals surface area contributed by atoms with Crippen molar-refractivity contribution in [1.82, 2.24) is 15.0 Å². The van der Waals surface area contributed by atoms with Crippen LogP contribution in [0.4, 0.5) is 5.69 Å². The number of anilines is 1. The summed E-state index contributed by atoms with van der Waals surface area (Å²) in [6, 6.07) is 23.2. The molecule has 0 radical (unpaired) electrons. The lowest BCUT2D eigenvalue weighted by Gasteiger charge is -2.10. The molecule has 0 atom stereocenters. The Morgan fingerprint density at radius 2 is 1.58 bits per heavy atom. The number of nitrogens with zero attached hydrogens (tertiary/aromatic N) is 3. The van der Waals surface area contributed by atoms with Crippen molar-refractivity contribution >= 4 is 45.0 Å². The first kappa shape index (κ1) is 21.2. The Morgan fingerprint density at radius 3 is 2.30 bits per heavy atom. The maximum absolute atomic E-state index is 13.1. The summed E-state index contributed by atoms with van der Waals surface area (Å²) in [5.41, 5.74) is 5.84. The van der Waals surface area contributed by atoms with Gasteiger partial charge in [0.2, 0.25) is 0 Å². The molecule has 0 aliphatic heterocycles. The van der Waals surface area contributed by atoms with Crippen LogP contribution in [0.25, 0.3) is 27.5 Å². The zero-order valence-corrected chi connectivity index (χ0v) is 19.4. The molecule has 0 aliphatic rings. The van der Waals surface area contributed by atoms with Crippen molar-refractivity contribution in [2.75, 3.05) is 5.32 Å². The normalized spacial score (nSPS) is 11.4. The van der Waals surface area contributed by atoms with E-state index in [1.165, 1.54) is 5.56 Å². The Balaban J connectivity index is 1.47. The van der Waals surface area contributed by atoms with Crippen molar-refractivity contribution in [2.24, 2.45) is 0 Å². The van der Waals surface area contributed by atoms with E-state index in [4.69, 9.17) is 11.6 Å². The van der Waals surface area contributed by atoms with Gasteiger partial charge in [-0.2, -0.15) is 4.80 Å². The number of carbonyl (C=O) groups excluding carboxylic acids is 1. The Kier molecular flexibility index (Phi) is 5.35. The molecule has 1 heterocycles. The molecule has 0 bridgehead atoms. The van der Waals surface area contributed by atoms with Gasteiger partial charge in [0.25, 0.3) is 5.91 Å². The molecule has 0 unspecified atom stereocenters. The summed E-state index contributed by atoms with van der Waals surface area (Å²) in [6.45, 7) is 6.29. The fourth-order valence-electron chi connectivity index (χ4n) is 3.97. The second-order valence-corrected chi connectivity index (χ2v) is 8.89. The molecule has 1 N–H and O–H groups in total. The summed E-state index contributed by atoms with van der Waals surface area (Å²) in [6.07, 6.45) is 0. The molecular weight excluding hydrogens is 432 g/mol. The molecule has 0 aliphatic carbocycles. The largest absolute Gasteiger partial charge is 0.322 e. The molecule has 5 rings (SSSR count). The number of benzene rings is 4. The summed E-state index contributed by atoms with van der Waals surface area (Å²) in [7, 11) is 0. The molecule has 0 fully saturated rings. The highest BCUT2D eigenvalue weighted by molar-refractivity contribution is 6.36. The lowest BCUT2D eigenvalue weighted by atomic mass is 10.0. The van der Waals surface area contributed by atoms with Gasteiger partial charge in [-0.15, -0.1) is 10.2 Å². The van der Waals surface area contributed by atoms with Crippen molar-refractivity contribution < 1.29 is 4.79 Å². The number of aryl methyl sites for hydroxylation is 1. The minimum atomic E-state index is -0.193. The minimum absolute atomic E-state index is 0.193. The molecule has 0 spiro atoms. The van der Waals surface area contributed by atoms with Crippen LogP contribution < -0.4 is 5.32 Å². The lowest BCUT2D eigenvalue weighted by Crippen LogP contribution is -2.13. The quantitative estimate of drug-likeness (QED) is 0.321. The highest BCUT2D eigenvalue weighted by Crippen LogP contribution is 2.28. The Hall–Kier alpha value is -3.70. The van der Waals surface area contributed by atoms with E-state index in [0.29, 0.717) is 27.7 Å². The molecule has 5 nitrogen and oxygen atoms in total. The van der Waals surface area contributed by atoms with Crippen LogP contribution in [0.2, 0.25) is 5.02 Å². The fourth-order valence-corrected chi connectivity index (χ4v) is 4.21. The summed E-state index contributed by atoms with van der Waals surface area (Å²) in [5.74, 6) is 0.275. The van der Waals surface area contributed by atoms with Crippen LogP contribution in [0.3, 0.4) is 0 Å². The summed E-state index contributed by atoms with van der Waals surface area (Å²) in [5, 5.41) is 14.6. The first-order valence-electron chi connectivity index (χ1n) is 10.9. The third-order valence-electron chi connectivity index (χ3n) is 5.88. The third-order valence-corrected chi connectivity index (χ3v) is 6.21. The van der Waals surface area contributed by atoms with Gasteiger partial charge in [-0.25, -0.2) is 0 Å². The van der Waals surface area contributed by atoms with Gasteiger partial charge >= 0.3 is 0 Å². The minimum Gasteiger partial charge on any atom is -0.322 e. The number of carbonyl (C=O) groups is 1. The Bertz CT molecular complexity index is 1500. The van der Waals surface area contributed by atoms with Crippen LogP contribution in [0.15, 0.2) is 72.8 Å². The number of halogens is 1. The molecule has 1 aromatic heterocycles. The van der Waals surface area contributed by atoms with Crippen LogP contribution >= 0.6 is 11.6 Å². The lowest BCUT2D eigenvalue weighted by molar-refractivity contribution is 0.102. The van der Waals surface area contributed by atoms with Gasteiger partial charge in [-0.3, -0.25) is 4.79 Å². The number of aromatic nitrogens is 3. The first-order chi connectivity index (χ1) is 15.9. The standard InChI is InChI=1S/C27H23ClN4O/c1-16(2)18-10-12-19(13-11-18)32-30-25-14-17(3)24(15-26(25)31-32)29-27(33)22-8-4-7-21-20(22)6-5-9-23(21)28/h4-16H,1-3H3,(H,29,33). The second kappa shape index (κ2) is 8.34. The predicted octanol–water partition coefficient (Wildman–Crippen LogP) is 6.91. The van der Waals surface area contributed by atoms with E-state index in [2.05, 4.69) is 41.5 Å². The van der Waals surface area contributed by atoms with E-state index in [-0.39, 0.29) is 5.91 Å². The van der Waals surface area contributed by atoms with Gasteiger partial charge < -0.3 is 5.32 Å². The van der Waals surface area contributed by atoms with Crippen LogP contribution in [-0.4, -0.2) is 20.9 Å². The average molecular weight is 455 g/mol. The smallest absolute Gasteiger partial charge is 0.256 e. The first-order valence-corrected chi connectivity index (χ1v) is 11.2. The molecule has 33 heavy (non-hydrogen) atoms. The van der Waals surface area contributed by atoms with E-state index < -0.39 is 0 Å². The second-order valence-electron chi connectivity index (χ2n) is 8.49. The number of hydrogen-bond donors (Lipinski definition) is 1. The average Bonchev–Trinajstić information content (AvgIpc) is 3.22. The molecule has 4 aromatic carbocycles. The fraction of sp³-hybridized carbons (Fsp3) is 0.148. The number of nitrogens with one attached hydrogen (secondary N) is 1. The molecule has 0 saturated heterocycles. The van der Waals surface area contributed by atoms with Gasteiger partial charge in [0, 0.05) is 21.7 Å². The zero-order valence-electron chi connectivity index (χ0n) is 18.6. The van der Waals surface area contributed by atoms with Crippen molar-refractivity contribution in [3.05, 3.63) is 94.5 Å². The molecule has 164 valence electrons. The number of amides is 1. The maximum Gasteiger partial charge on any atom is 0.256 e. The number of fused-ring (bicyclic) bond motifs is 2. The van der Waals surface area contributed by atoms with Crippen molar-refractivity contribution in [1.29, 1.82) is 0 Å². The van der Waals surface area contributed by atoms with E-state index in [0.717, 1.165) is 27.5 Å². The van der Waals surface area contributed by atoms with Crippen LogP contribution in [0.1, 0.15) is 41.3 Å². The zero-order chi connectivity index (χ0) is 23.1. The monoisotopic (exact) mass is 454 g/mol. The maximum atomic E-state index is 13.1. The van der Waals surface area contributed by atoms with Gasteiger partial charge in [0.1, 0.15) is 11.0 Å². The number of rotatable bonds is 4. The van der Waals surface area contributed by atoms with E-state index in [1.807, 2.05) is 61.5 Å². The van der Waals surface area contributed by atoms with Crippen LogP contribution in [0, 0.1) is 6.92 Å². The van der Waals surface area contributed by atoms with Crippen molar-refractivity contribution in [3.8, 4) is 5.69 Å². The van der Waals surface area contributed by atoms with Crippen molar-refractivity contribution in [2.45, 2.75) is 26.7 Å². The number of hydrogen-bond acceptors (Lipinski definition) is 3. The highest BCUT2D eigenvalue weighted by Gasteiger charge is 2.15. The molecule has 0 saturated carbocycles. The van der Waals surface area contributed by atoms with Crippen molar-refractivity contribution in [3.63, 3.8) is 0 Å². The highest BCUT2D eigenvalue weighted by atomic mass is 35.5. The summed E-state index contributed by atoms with van der Waals surface area (Å²) >= 11 is 6.31. The SMILES string of the molecule is Cc1cc2nn(-c3ccc(C(C)C)cc3)nc2cc1NC(=O)c1cccc2c(Cl)cccc12.